The molecule has 0 saturated carbocycles. The number of rotatable bonds is 6. The van der Waals surface area contributed by atoms with Gasteiger partial charge in [0.2, 0.25) is 0 Å². The second-order valence-electron chi connectivity index (χ2n) is 8.79. The highest BCUT2D eigenvalue weighted by molar-refractivity contribution is 7.11. The first-order valence-electron chi connectivity index (χ1n) is 11.4. The first kappa shape index (κ1) is 21.5. The van der Waals surface area contributed by atoms with Gasteiger partial charge in [-0.2, -0.15) is 0 Å². The van der Waals surface area contributed by atoms with Gasteiger partial charge in [-0.25, -0.2) is 4.90 Å². The van der Waals surface area contributed by atoms with Crippen molar-refractivity contribution in [1.82, 2.24) is 0 Å². The van der Waals surface area contributed by atoms with E-state index in [2.05, 4.69) is 36.2 Å². The molecule has 1 aromatic heterocycles. The molecule has 5 nitrogen and oxygen atoms in total. The van der Waals surface area contributed by atoms with Crippen molar-refractivity contribution in [3.8, 4) is 0 Å². The smallest absolute Gasteiger partial charge is 0.282 e. The second-order valence-corrected chi connectivity index (χ2v) is 9.73. The number of hydrogen-bond donors (Lipinski definition) is 1. The highest BCUT2D eigenvalue weighted by atomic mass is 32.1. The van der Waals surface area contributed by atoms with E-state index >= 15 is 0 Å². The third kappa shape index (κ3) is 4.07. The van der Waals surface area contributed by atoms with Gasteiger partial charge in [0.05, 0.1) is 11.3 Å². The maximum atomic E-state index is 13.5. The van der Waals surface area contributed by atoms with Crippen LogP contribution in [0, 0.1) is 0 Å². The highest BCUT2D eigenvalue weighted by Crippen LogP contribution is 2.36. The van der Waals surface area contributed by atoms with E-state index in [9.17, 15) is 9.59 Å². The normalized spacial score (nSPS) is 16.5. The van der Waals surface area contributed by atoms with Crippen molar-refractivity contribution in [3.63, 3.8) is 0 Å². The van der Waals surface area contributed by atoms with Gasteiger partial charge in [-0.15, -0.1) is 11.3 Å². The second kappa shape index (κ2) is 8.87. The monoisotopic (exact) mass is 457 g/mol. The van der Waals surface area contributed by atoms with Crippen molar-refractivity contribution in [2.75, 3.05) is 28.2 Å². The molecule has 0 bridgehead atoms. The summed E-state index contributed by atoms with van der Waals surface area (Å²) in [6.07, 6.45) is 2.40. The van der Waals surface area contributed by atoms with Gasteiger partial charge >= 0.3 is 0 Å². The molecule has 33 heavy (non-hydrogen) atoms. The van der Waals surface area contributed by atoms with Crippen LogP contribution in [0.5, 0.6) is 0 Å². The number of nitrogens with one attached hydrogen (secondary N) is 1. The van der Waals surface area contributed by atoms with Gasteiger partial charge in [0.15, 0.2) is 0 Å². The fourth-order valence-electron chi connectivity index (χ4n) is 4.41. The Labute approximate surface area is 198 Å². The minimum Gasteiger partial charge on any atom is -0.372 e. The predicted octanol–water partition coefficient (Wildman–Crippen LogP) is 5.87. The van der Waals surface area contributed by atoms with E-state index in [-0.39, 0.29) is 11.8 Å². The van der Waals surface area contributed by atoms with Crippen LogP contribution in [0.3, 0.4) is 0 Å². The molecule has 1 saturated heterocycles. The zero-order valence-electron chi connectivity index (χ0n) is 18.9. The van der Waals surface area contributed by atoms with Crippen molar-refractivity contribution in [2.45, 2.75) is 32.6 Å². The lowest BCUT2D eigenvalue weighted by molar-refractivity contribution is -0.120. The Balaban J connectivity index is 1.47. The van der Waals surface area contributed by atoms with Crippen molar-refractivity contribution in [2.24, 2.45) is 0 Å². The van der Waals surface area contributed by atoms with Crippen molar-refractivity contribution < 1.29 is 9.59 Å². The van der Waals surface area contributed by atoms with E-state index in [4.69, 9.17) is 0 Å². The van der Waals surface area contributed by atoms with Crippen LogP contribution in [0.1, 0.15) is 43.0 Å². The van der Waals surface area contributed by atoms with Gasteiger partial charge < -0.3 is 10.2 Å². The zero-order valence-corrected chi connectivity index (χ0v) is 19.7. The lowest BCUT2D eigenvalue weighted by Crippen LogP contribution is -2.32. The van der Waals surface area contributed by atoms with Crippen LogP contribution in [0.2, 0.25) is 0 Å². The lowest BCUT2D eigenvalue weighted by atomic mass is 10.0. The summed E-state index contributed by atoms with van der Waals surface area (Å²) in [5.74, 6) is -0.198. The van der Waals surface area contributed by atoms with Gasteiger partial charge in [0.1, 0.15) is 5.70 Å². The number of carbonyl (C=O) groups excluding carboxylic acids is 2. The summed E-state index contributed by atoms with van der Waals surface area (Å²) in [6.45, 7) is 6.39. The molecule has 0 spiro atoms. The molecule has 0 radical (unpaired) electrons. The minimum absolute atomic E-state index is 0.294. The van der Waals surface area contributed by atoms with E-state index in [0.29, 0.717) is 22.9 Å². The fourth-order valence-corrected chi connectivity index (χ4v) is 5.18. The Morgan fingerprint density at radius 1 is 0.848 bits per heavy atom. The SMILES string of the molecule is CC(C)c1ccc(NC2=C(c3cccs3)C(=O)N(c3ccc(N4CCCC4)cc3)C2=O)cc1. The molecule has 5 rings (SSSR count). The Morgan fingerprint density at radius 2 is 1.52 bits per heavy atom. The summed E-state index contributed by atoms with van der Waals surface area (Å²) in [5.41, 5.74) is 4.48. The molecule has 6 heteroatoms. The predicted molar refractivity (Wildman–Crippen MR) is 136 cm³/mol. The standard InChI is InChI=1S/C27H27N3O2S/c1-18(2)19-7-9-20(10-8-19)28-25-24(23-6-5-17-33-23)26(31)30(27(25)32)22-13-11-21(12-14-22)29-15-3-4-16-29/h5-14,17-18,28H,3-4,15-16H2,1-2H3. The molecule has 2 aliphatic rings. The topological polar surface area (TPSA) is 52.7 Å². The van der Waals surface area contributed by atoms with Crippen LogP contribution in [0.4, 0.5) is 17.1 Å². The molecule has 3 heterocycles. The number of thiophene rings is 1. The van der Waals surface area contributed by atoms with Crippen LogP contribution in [0.25, 0.3) is 5.57 Å². The van der Waals surface area contributed by atoms with Gasteiger partial charge in [0.25, 0.3) is 11.8 Å². The maximum absolute atomic E-state index is 13.5. The number of nitrogens with zero attached hydrogens (tertiary/aromatic N) is 2. The highest BCUT2D eigenvalue weighted by Gasteiger charge is 2.40. The van der Waals surface area contributed by atoms with Gasteiger partial charge in [0, 0.05) is 29.3 Å². The summed E-state index contributed by atoms with van der Waals surface area (Å²) in [5, 5.41) is 5.17. The molecule has 2 aliphatic heterocycles. The van der Waals surface area contributed by atoms with E-state index in [0.717, 1.165) is 29.3 Å². The molecule has 168 valence electrons. The van der Waals surface area contributed by atoms with E-state index in [1.807, 2.05) is 53.9 Å². The average Bonchev–Trinajstić information content (AvgIpc) is 3.57. The summed E-state index contributed by atoms with van der Waals surface area (Å²) in [4.78, 5) is 31.4. The molecular formula is C27H27N3O2S. The molecule has 0 atom stereocenters. The Morgan fingerprint density at radius 3 is 2.12 bits per heavy atom. The Kier molecular flexibility index (Phi) is 5.77. The quantitative estimate of drug-likeness (QED) is 0.471. The summed E-state index contributed by atoms with van der Waals surface area (Å²) >= 11 is 1.46. The number of anilines is 3. The summed E-state index contributed by atoms with van der Waals surface area (Å²) < 4.78 is 0. The number of carbonyl (C=O) groups is 2. The zero-order chi connectivity index (χ0) is 22.9. The Hall–Kier alpha value is -3.38. The molecule has 1 fully saturated rings. The maximum Gasteiger partial charge on any atom is 0.282 e. The van der Waals surface area contributed by atoms with Crippen LogP contribution in [-0.4, -0.2) is 24.9 Å². The molecule has 0 aliphatic carbocycles. The third-order valence-electron chi connectivity index (χ3n) is 6.28. The Bertz CT molecular complexity index is 1190. The average molecular weight is 458 g/mol. The first-order valence-corrected chi connectivity index (χ1v) is 12.3. The molecule has 1 N–H and O–H groups in total. The molecular weight excluding hydrogens is 430 g/mol. The molecule has 2 aromatic carbocycles. The molecule has 3 aromatic rings. The van der Waals surface area contributed by atoms with Crippen molar-refractivity contribution in [3.05, 3.63) is 82.2 Å². The summed E-state index contributed by atoms with van der Waals surface area (Å²) in [6, 6.07) is 19.5. The number of benzene rings is 2. The number of amides is 2. The van der Waals surface area contributed by atoms with Crippen LogP contribution in [-0.2, 0) is 9.59 Å². The van der Waals surface area contributed by atoms with E-state index in [1.165, 1.54) is 34.6 Å². The first-order chi connectivity index (χ1) is 16.0. The minimum atomic E-state index is -0.328. The largest absolute Gasteiger partial charge is 0.372 e. The number of hydrogen-bond acceptors (Lipinski definition) is 5. The van der Waals surface area contributed by atoms with Gasteiger partial charge in [-0.1, -0.05) is 32.0 Å². The van der Waals surface area contributed by atoms with E-state index in [1.54, 1.807) is 0 Å². The molecule has 0 unspecified atom stereocenters. The van der Waals surface area contributed by atoms with Gasteiger partial charge in [-0.3, -0.25) is 9.59 Å². The third-order valence-corrected chi connectivity index (χ3v) is 7.16. The lowest BCUT2D eigenvalue weighted by Gasteiger charge is -2.20. The van der Waals surface area contributed by atoms with Crippen LogP contribution < -0.4 is 15.1 Å². The fraction of sp³-hybridized carbons (Fsp3) is 0.259. The van der Waals surface area contributed by atoms with Gasteiger partial charge in [-0.05, 0) is 72.2 Å². The van der Waals surface area contributed by atoms with Crippen molar-refractivity contribution >= 4 is 45.8 Å². The summed E-state index contributed by atoms with van der Waals surface area (Å²) in [7, 11) is 0. The van der Waals surface area contributed by atoms with E-state index < -0.39 is 0 Å². The number of imide groups is 1. The van der Waals surface area contributed by atoms with Crippen LogP contribution in [0.15, 0.2) is 71.7 Å². The van der Waals surface area contributed by atoms with Crippen LogP contribution >= 0.6 is 11.3 Å². The molecule has 2 amide bonds. The van der Waals surface area contributed by atoms with Crippen molar-refractivity contribution in [1.29, 1.82) is 0 Å².